The van der Waals surface area contributed by atoms with E-state index in [-0.39, 0.29) is 0 Å². The van der Waals surface area contributed by atoms with Crippen LogP contribution in [-0.4, -0.2) is 6.61 Å². The molecule has 1 unspecified atom stereocenters. The van der Waals surface area contributed by atoms with Gasteiger partial charge in [0.05, 0.1) is 12.2 Å². The van der Waals surface area contributed by atoms with Gasteiger partial charge in [0.15, 0.2) is 0 Å². The number of halogens is 3. The van der Waals surface area contributed by atoms with Gasteiger partial charge in [-0.2, -0.15) is 0 Å². The van der Waals surface area contributed by atoms with E-state index in [9.17, 15) is 13.2 Å². The highest BCUT2D eigenvalue weighted by atomic mass is 19.1. The van der Waals surface area contributed by atoms with E-state index in [1.165, 1.54) is 32.1 Å². The fraction of sp³-hybridized carbons (Fsp3) is 0.545. The predicted molar refractivity (Wildman–Crippen MR) is 98.1 cm³/mol. The fourth-order valence-electron chi connectivity index (χ4n) is 4.29. The lowest BCUT2D eigenvalue weighted by Crippen LogP contribution is -2.26. The lowest BCUT2D eigenvalue weighted by atomic mass is 9.73. The normalized spacial score (nSPS) is 26.1. The molecule has 142 valence electrons. The van der Waals surface area contributed by atoms with Gasteiger partial charge in [0.2, 0.25) is 0 Å². The second-order valence-corrected chi connectivity index (χ2v) is 7.57. The Morgan fingerprint density at radius 1 is 1.08 bits per heavy atom. The van der Waals surface area contributed by atoms with Gasteiger partial charge in [-0.3, -0.25) is 0 Å². The van der Waals surface area contributed by atoms with Crippen molar-refractivity contribution < 1.29 is 17.9 Å². The molecule has 0 spiro atoms. The van der Waals surface area contributed by atoms with Crippen LogP contribution in [-0.2, 0) is 11.4 Å². The topological polar surface area (TPSA) is 9.23 Å². The van der Waals surface area contributed by atoms with E-state index in [2.05, 4.69) is 6.58 Å². The molecule has 1 aromatic carbocycles. The van der Waals surface area contributed by atoms with Gasteiger partial charge in [0.25, 0.3) is 0 Å². The first-order chi connectivity index (χ1) is 12.6. The molecule has 0 aromatic heterocycles. The first kappa shape index (κ1) is 19.1. The summed E-state index contributed by atoms with van der Waals surface area (Å²) >= 11 is 0. The van der Waals surface area contributed by atoms with Crippen molar-refractivity contribution in [2.45, 2.75) is 51.6 Å². The van der Waals surface area contributed by atoms with E-state index in [4.69, 9.17) is 4.74 Å². The third-order valence-electron chi connectivity index (χ3n) is 5.96. The van der Waals surface area contributed by atoms with Crippen LogP contribution in [0.15, 0.2) is 30.9 Å². The van der Waals surface area contributed by atoms with Gasteiger partial charge in [-0.1, -0.05) is 18.9 Å². The Hall–Kier alpha value is -1.71. The summed E-state index contributed by atoms with van der Waals surface area (Å²) in [6, 6.07) is 2.32. The van der Waals surface area contributed by atoms with Crippen LogP contribution in [0.3, 0.4) is 0 Å². The number of hydrogen-bond donors (Lipinski definition) is 0. The number of hydrogen-bond acceptors (Lipinski definition) is 1. The molecule has 2 aliphatic rings. The zero-order valence-electron chi connectivity index (χ0n) is 15.2. The minimum Gasteiger partial charge on any atom is -0.493 e. The van der Waals surface area contributed by atoms with E-state index in [0.717, 1.165) is 30.9 Å². The molecule has 4 heteroatoms. The zero-order chi connectivity index (χ0) is 18.5. The number of allylic oxidation sites excluding steroid dienone is 2. The Kier molecular flexibility index (Phi) is 6.44. The number of alkyl halides is 1. The smallest absolute Gasteiger partial charge is 0.132 e. The summed E-state index contributed by atoms with van der Waals surface area (Å²) in [5, 5.41) is 0. The van der Waals surface area contributed by atoms with Crippen LogP contribution in [0.25, 0.3) is 5.76 Å². The van der Waals surface area contributed by atoms with Gasteiger partial charge in [0, 0.05) is 5.56 Å². The van der Waals surface area contributed by atoms with Gasteiger partial charge < -0.3 is 4.74 Å². The van der Waals surface area contributed by atoms with E-state index < -0.39 is 23.9 Å². The van der Waals surface area contributed by atoms with Crippen molar-refractivity contribution in [2.75, 3.05) is 6.61 Å². The lowest BCUT2D eigenvalue weighted by molar-refractivity contribution is 0.117. The summed E-state index contributed by atoms with van der Waals surface area (Å²) in [5.74, 6) is 0.747. The monoisotopic (exact) mass is 364 g/mol. The van der Waals surface area contributed by atoms with Gasteiger partial charge in [-0.05, 0) is 68.1 Å². The number of rotatable bonds is 6. The molecule has 1 aliphatic carbocycles. The molecule has 0 amide bonds. The Labute approximate surface area is 153 Å². The molecule has 3 rings (SSSR count). The molecule has 0 radical (unpaired) electrons. The first-order valence-corrected chi connectivity index (χ1v) is 9.60. The second kappa shape index (κ2) is 8.79. The van der Waals surface area contributed by atoms with Crippen molar-refractivity contribution >= 4 is 5.76 Å². The molecule has 1 fully saturated rings. The summed E-state index contributed by atoms with van der Waals surface area (Å²) < 4.78 is 46.0. The summed E-state index contributed by atoms with van der Waals surface area (Å²) in [6.07, 6.45) is 12.1. The maximum Gasteiger partial charge on any atom is 0.132 e. The number of ether oxygens (including phenoxy) is 1. The fourth-order valence-corrected chi connectivity index (χ4v) is 4.29. The maximum absolute atomic E-state index is 13.8. The predicted octanol–water partition coefficient (Wildman–Crippen LogP) is 6.58. The Morgan fingerprint density at radius 3 is 2.31 bits per heavy atom. The summed E-state index contributed by atoms with van der Waals surface area (Å²) in [4.78, 5) is 0. The molecular formula is C22H27F3O. The average Bonchev–Trinajstić information content (AvgIpc) is 2.67. The molecule has 1 aliphatic heterocycles. The van der Waals surface area contributed by atoms with Gasteiger partial charge in [-0.25, -0.2) is 13.2 Å². The molecule has 1 nitrogen and oxygen atoms in total. The quantitative estimate of drug-likeness (QED) is 0.518. The molecule has 1 heterocycles. The van der Waals surface area contributed by atoms with Gasteiger partial charge >= 0.3 is 0 Å². The van der Waals surface area contributed by atoms with E-state index >= 15 is 0 Å². The van der Waals surface area contributed by atoms with Crippen LogP contribution >= 0.6 is 0 Å². The lowest BCUT2D eigenvalue weighted by Gasteiger charge is -2.35. The van der Waals surface area contributed by atoms with Gasteiger partial charge in [0.1, 0.15) is 24.1 Å². The Balaban J connectivity index is 1.58. The third kappa shape index (κ3) is 4.33. The minimum absolute atomic E-state index is 0.351. The summed E-state index contributed by atoms with van der Waals surface area (Å²) in [5.41, 5.74) is -0.167. The molecule has 26 heavy (non-hydrogen) atoms. The molecule has 0 saturated heterocycles. The third-order valence-corrected chi connectivity index (χ3v) is 5.96. The van der Waals surface area contributed by atoms with E-state index in [1.54, 1.807) is 0 Å². The molecule has 0 N–H and O–H groups in total. The van der Waals surface area contributed by atoms with Crippen LogP contribution < -0.4 is 0 Å². The Morgan fingerprint density at radius 2 is 1.77 bits per heavy atom. The second-order valence-electron chi connectivity index (χ2n) is 7.57. The molecule has 1 saturated carbocycles. The average molecular weight is 364 g/mol. The van der Waals surface area contributed by atoms with Crippen molar-refractivity contribution in [3.05, 3.63) is 53.6 Å². The summed E-state index contributed by atoms with van der Waals surface area (Å²) in [7, 11) is 0. The van der Waals surface area contributed by atoms with Crippen LogP contribution in [0.4, 0.5) is 13.2 Å². The van der Waals surface area contributed by atoms with Crippen LogP contribution in [0.2, 0.25) is 0 Å². The van der Waals surface area contributed by atoms with E-state index in [1.807, 2.05) is 12.2 Å². The maximum atomic E-state index is 13.8. The standard InChI is InChI=1S/C22H27F3O/c1-2-3-4-15-5-7-16(8-6-15)17-9-10-22(26-14-17)18-11-20(24)19(13-23)21(25)12-18/h2,10-12,15-17H,1,3-9,13-14H2. The van der Waals surface area contributed by atoms with Crippen molar-refractivity contribution in [1.29, 1.82) is 0 Å². The van der Waals surface area contributed by atoms with Gasteiger partial charge in [-0.15, -0.1) is 6.58 Å². The molecule has 1 aromatic rings. The Bertz CT molecular complexity index is 636. The first-order valence-electron chi connectivity index (χ1n) is 9.60. The molecular weight excluding hydrogens is 337 g/mol. The van der Waals surface area contributed by atoms with Crippen molar-refractivity contribution in [3.63, 3.8) is 0 Å². The molecule has 0 bridgehead atoms. The summed E-state index contributed by atoms with van der Waals surface area (Å²) in [6.45, 7) is 3.24. The van der Waals surface area contributed by atoms with Crippen LogP contribution in [0.5, 0.6) is 0 Å². The molecule has 1 atom stereocenters. The highest BCUT2D eigenvalue weighted by Crippen LogP contribution is 2.39. The van der Waals surface area contributed by atoms with E-state index in [0.29, 0.717) is 29.8 Å². The zero-order valence-corrected chi connectivity index (χ0v) is 15.2. The minimum atomic E-state index is -1.14. The largest absolute Gasteiger partial charge is 0.493 e. The highest BCUT2D eigenvalue weighted by molar-refractivity contribution is 5.61. The van der Waals surface area contributed by atoms with Crippen molar-refractivity contribution in [2.24, 2.45) is 17.8 Å². The van der Waals surface area contributed by atoms with Crippen LogP contribution in [0, 0.1) is 29.4 Å². The SMILES string of the molecule is C=CCCC1CCC(C2CC=C(c3cc(F)c(CF)c(F)c3)OC2)CC1. The highest BCUT2D eigenvalue weighted by Gasteiger charge is 2.29. The number of benzene rings is 1. The van der Waals surface area contributed by atoms with Crippen molar-refractivity contribution in [3.8, 4) is 0 Å². The van der Waals surface area contributed by atoms with Crippen LogP contribution in [0.1, 0.15) is 56.1 Å². The van der Waals surface area contributed by atoms with Crippen molar-refractivity contribution in [1.82, 2.24) is 0 Å².